The normalized spacial score (nSPS) is 11.4. The summed E-state index contributed by atoms with van der Waals surface area (Å²) in [5.74, 6) is -5.34. The van der Waals surface area contributed by atoms with Gasteiger partial charge in [0.25, 0.3) is 5.91 Å². The summed E-state index contributed by atoms with van der Waals surface area (Å²) >= 11 is 1.88. The number of rotatable bonds is 8. The summed E-state index contributed by atoms with van der Waals surface area (Å²) in [6.45, 7) is 3.13. The Bertz CT molecular complexity index is 1010. The molecular weight excluding hydrogens is 530 g/mol. The largest absolute Gasteiger partial charge is 0.388 e. The molecule has 0 aliphatic heterocycles. The van der Waals surface area contributed by atoms with E-state index in [1.54, 1.807) is 0 Å². The Labute approximate surface area is 190 Å². The van der Waals surface area contributed by atoms with Crippen molar-refractivity contribution in [2.24, 2.45) is 5.73 Å². The molecule has 168 valence electrons. The Morgan fingerprint density at radius 3 is 2.39 bits per heavy atom. The van der Waals surface area contributed by atoms with E-state index < -0.39 is 58.2 Å². The zero-order chi connectivity index (χ0) is 23.5. The fourth-order valence-electron chi connectivity index (χ4n) is 2.47. The van der Waals surface area contributed by atoms with Crippen LogP contribution in [-0.2, 0) is 16.2 Å². The third kappa shape index (κ3) is 6.55. The molecule has 0 atom stereocenters. The van der Waals surface area contributed by atoms with Crippen molar-refractivity contribution in [3.63, 3.8) is 0 Å². The predicted molar refractivity (Wildman–Crippen MR) is 116 cm³/mol. The Hall–Kier alpha value is -2.38. The van der Waals surface area contributed by atoms with E-state index in [2.05, 4.69) is 5.32 Å². The lowest BCUT2D eigenvalue weighted by Crippen LogP contribution is -2.36. The van der Waals surface area contributed by atoms with Crippen LogP contribution in [0.4, 0.5) is 24.5 Å². The number of benzene rings is 2. The first-order valence-electron chi connectivity index (χ1n) is 8.96. The predicted octanol–water partition coefficient (Wildman–Crippen LogP) is 3.60. The minimum Gasteiger partial charge on any atom is -0.388 e. The van der Waals surface area contributed by atoms with Gasteiger partial charge in [-0.2, -0.15) is 0 Å². The molecule has 2 aromatic rings. The van der Waals surface area contributed by atoms with Crippen LogP contribution >= 0.6 is 22.6 Å². The van der Waals surface area contributed by atoms with Gasteiger partial charge >= 0.3 is 0 Å². The molecule has 0 aliphatic rings. The van der Waals surface area contributed by atoms with Gasteiger partial charge in [0.15, 0.2) is 11.6 Å². The van der Waals surface area contributed by atoms with E-state index in [-0.39, 0.29) is 12.3 Å². The van der Waals surface area contributed by atoms with E-state index >= 15 is 0 Å². The average molecular weight is 551 g/mol. The number of carbonyl (C=O) groups is 2. The highest BCUT2D eigenvalue weighted by Gasteiger charge is 2.25. The lowest BCUT2D eigenvalue weighted by molar-refractivity contribution is -0.205. The minimum absolute atomic E-state index is 0.187. The molecule has 4 N–H and O–H groups in total. The van der Waals surface area contributed by atoms with Crippen LogP contribution in [0.5, 0.6) is 0 Å². The van der Waals surface area contributed by atoms with Gasteiger partial charge in [-0.25, -0.2) is 18.2 Å². The van der Waals surface area contributed by atoms with Gasteiger partial charge in [0.05, 0.1) is 29.1 Å². The van der Waals surface area contributed by atoms with Gasteiger partial charge < -0.3 is 16.2 Å². The highest BCUT2D eigenvalue weighted by atomic mass is 127. The number of amides is 2. The summed E-state index contributed by atoms with van der Waals surface area (Å²) in [5, 5.41) is 12.8. The Balaban J connectivity index is 2.45. The number of halogens is 4. The van der Waals surface area contributed by atoms with Gasteiger partial charge in [-0.1, -0.05) is 0 Å². The van der Waals surface area contributed by atoms with Crippen LogP contribution in [0, 0.1) is 21.0 Å². The van der Waals surface area contributed by atoms with E-state index in [9.17, 15) is 27.9 Å². The van der Waals surface area contributed by atoms with Crippen LogP contribution in [0.3, 0.4) is 0 Å². The highest BCUT2D eigenvalue weighted by Crippen LogP contribution is 2.31. The minimum atomic E-state index is -1.48. The second-order valence-corrected chi connectivity index (χ2v) is 8.59. The maximum absolute atomic E-state index is 14.9. The van der Waals surface area contributed by atoms with E-state index in [1.807, 2.05) is 22.6 Å². The molecule has 31 heavy (non-hydrogen) atoms. The molecule has 0 heterocycles. The van der Waals surface area contributed by atoms with Crippen molar-refractivity contribution in [3.8, 4) is 0 Å². The molecule has 0 spiro atoms. The number of hydroxylamine groups is 2. The molecule has 0 aromatic heterocycles. The summed E-state index contributed by atoms with van der Waals surface area (Å²) in [6.07, 6.45) is 0. The van der Waals surface area contributed by atoms with Crippen molar-refractivity contribution < 1.29 is 32.7 Å². The number of nitrogens with one attached hydrogen (secondary N) is 1. The van der Waals surface area contributed by atoms with Crippen molar-refractivity contribution in [1.29, 1.82) is 0 Å². The summed E-state index contributed by atoms with van der Waals surface area (Å²) < 4.78 is 44.3. The zero-order valence-electron chi connectivity index (χ0n) is 16.9. The van der Waals surface area contributed by atoms with Crippen molar-refractivity contribution in [2.45, 2.75) is 32.9 Å². The van der Waals surface area contributed by atoms with Gasteiger partial charge in [-0.15, -0.1) is 0 Å². The number of anilines is 2. The molecule has 0 radical (unpaired) electrons. The lowest BCUT2D eigenvalue weighted by atomic mass is 10.1. The summed E-state index contributed by atoms with van der Waals surface area (Å²) in [5.41, 5.74) is 2.36. The van der Waals surface area contributed by atoms with Gasteiger partial charge in [0, 0.05) is 16.1 Å². The average Bonchev–Trinajstić information content (AvgIpc) is 2.64. The molecule has 0 unspecified atom stereocenters. The first-order chi connectivity index (χ1) is 14.3. The van der Waals surface area contributed by atoms with E-state index in [4.69, 9.17) is 10.6 Å². The lowest BCUT2D eigenvalue weighted by Gasteiger charge is -2.25. The summed E-state index contributed by atoms with van der Waals surface area (Å²) in [6, 6.07) is 4.95. The number of primary amides is 1. The number of hydrogen-bond donors (Lipinski definition) is 3. The highest BCUT2D eigenvalue weighted by molar-refractivity contribution is 14.1. The zero-order valence-corrected chi connectivity index (χ0v) is 19.1. The number of aliphatic hydroxyl groups is 1. The van der Waals surface area contributed by atoms with Crippen LogP contribution in [0.25, 0.3) is 0 Å². The number of nitrogens with two attached hydrogens (primary N) is 1. The molecule has 0 saturated heterocycles. The van der Waals surface area contributed by atoms with Crippen LogP contribution < -0.4 is 11.1 Å². The third-order valence-electron chi connectivity index (χ3n) is 3.98. The Morgan fingerprint density at radius 1 is 1.23 bits per heavy atom. The van der Waals surface area contributed by atoms with Crippen LogP contribution in [0.2, 0.25) is 0 Å². The van der Waals surface area contributed by atoms with Gasteiger partial charge in [-0.05, 0) is 60.7 Å². The molecule has 0 aliphatic carbocycles. The smallest absolute Gasteiger partial charge is 0.250 e. The standard InChI is InChI=1S/C20H21F3IN3O4/c1-10(28)27(31-9-20(2,3)30)8-11-6-13(19(25)29)18(17(23)16(11)22)26-15-5-4-12(24)7-14(15)21/h4-7,26,30H,8-9H2,1-3H3,(H2,25,29). The van der Waals surface area contributed by atoms with Crippen molar-refractivity contribution in [2.75, 3.05) is 11.9 Å². The molecule has 0 fully saturated rings. The summed E-state index contributed by atoms with van der Waals surface area (Å²) in [7, 11) is 0. The topological polar surface area (TPSA) is 105 Å². The van der Waals surface area contributed by atoms with Crippen molar-refractivity contribution >= 4 is 45.8 Å². The molecule has 11 heteroatoms. The van der Waals surface area contributed by atoms with E-state index in [0.29, 0.717) is 8.63 Å². The molecule has 2 amide bonds. The fraction of sp³-hybridized carbons (Fsp3) is 0.300. The van der Waals surface area contributed by atoms with E-state index in [1.165, 1.54) is 32.0 Å². The molecule has 0 bridgehead atoms. The van der Waals surface area contributed by atoms with Crippen molar-refractivity contribution in [3.05, 3.63) is 56.4 Å². The van der Waals surface area contributed by atoms with Crippen LogP contribution in [0.15, 0.2) is 24.3 Å². The van der Waals surface area contributed by atoms with Gasteiger partial charge in [0.2, 0.25) is 5.91 Å². The SMILES string of the molecule is CC(=O)N(Cc1cc(C(N)=O)c(Nc2ccc(I)cc2F)c(F)c1F)OCC(C)(C)O. The molecule has 2 aromatic carbocycles. The van der Waals surface area contributed by atoms with Crippen molar-refractivity contribution in [1.82, 2.24) is 5.06 Å². The van der Waals surface area contributed by atoms with Gasteiger partial charge in [0.1, 0.15) is 12.4 Å². The third-order valence-corrected chi connectivity index (χ3v) is 4.65. The maximum Gasteiger partial charge on any atom is 0.250 e. The van der Waals surface area contributed by atoms with Crippen LogP contribution in [0.1, 0.15) is 36.7 Å². The summed E-state index contributed by atoms with van der Waals surface area (Å²) in [4.78, 5) is 28.9. The molecule has 0 saturated carbocycles. The van der Waals surface area contributed by atoms with E-state index in [0.717, 1.165) is 13.0 Å². The maximum atomic E-state index is 14.9. The van der Waals surface area contributed by atoms with Gasteiger partial charge in [-0.3, -0.25) is 14.4 Å². The quantitative estimate of drug-likeness (QED) is 0.344. The monoisotopic (exact) mass is 551 g/mol. The number of nitrogens with zero attached hydrogens (tertiary/aromatic N) is 1. The number of carbonyl (C=O) groups excluding carboxylic acids is 2. The second kappa shape index (κ2) is 9.83. The molecular formula is C20H21F3IN3O4. The second-order valence-electron chi connectivity index (χ2n) is 7.34. The first-order valence-corrected chi connectivity index (χ1v) is 10.0. The number of hydrogen-bond acceptors (Lipinski definition) is 5. The molecule has 7 nitrogen and oxygen atoms in total. The Kier molecular flexibility index (Phi) is 7.89. The first kappa shape index (κ1) is 24.9. The fourth-order valence-corrected chi connectivity index (χ4v) is 2.93. The Morgan fingerprint density at radius 2 is 1.87 bits per heavy atom. The van der Waals surface area contributed by atoms with Crippen LogP contribution in [-0.4, -0.2) is 34.2 Å². The molecule has 2 rings (SSSR count).